The van der Waals surface area contributed by atoms with Gasteiger partial charge in [0, 0.05) is 31.9 Å². The van der Waals surface area contributed by atoms with Crippen molar-refractivity contribution < 1.29 is 9.90 Å². The molecule has 0 bridgehead atoms. The zero-order chi connectivity index (χ0) is 20.2. The van der Waals surface area contributed by atoms with Crippen LogP contribution in [0.4, 0.5) is 16.8 Å². The summed E-state index contributed by atoms with van der Waals surface area (Å²) < 4.78 is 0. The number of nitrogens with one attached hydrogen (secondary N) is 1. The van der Waals surface area contributed by atoms with E-state index >= 15 is 0 Å². The van der Waals surface area contributed by atoms with E-state index < -0.39 is 5.97 Å². The molecule has 1 aliphatic rings. The molecule has 0 radical (unpaired) electrons. The third-order valence-electron chi connectivity index (χ3n) is 5.10. The van der Waals surface area contributed by atoms with E-state index in [9.17, 15) is 4.79 Å². The van der Waals surface area contributed by atoms with Gasteiger partial charge in [-0.25, -0.2) is 15.0 Å². The molecule has 0 amide bonds. The minimum absolute atomic E-state index is 0.260. The largest absolute Gasteiger partial charge is 0.481 e. The van der Waals surface area contributed by atoms with Crippen molar-refractivity contribution in [3.63, 3.8) is 0 Å². The van der Waals surface area contributed by atoms with Crippen LogP contribution in [0.15, 0.2) is 42.7 Å². The van der Waals surface area contributed by atoms with Crippen LogP contribution in [-0.2, 0) is 4.79 Å². The van der Waals surface area contributed by atoms with Crippen molar-refractivity contribution in [2.45, 2.75) is 26.2 Å². The molecule has 0 spiro atoms. The summed E-state index contributed by atoms with van der Waals surface area (Å²) in [6.07, 6.45) is 5.66. The SMILES string of the molecule is Cc1cccnc1Nc1cccc(-c2cnc(N3CCC(CC(=O)O)CC3)s2)n1. The number of carboxylic acid groups (broad SMARTS) is 1. The highest BCUT2D eigenvalue weighted by Gasteiger charge is 2.23. The fourth-order valence-electron chi connectivity index (χ4n) is 3.48. The van der Waals surface area contributed by atoms with Crippen molar-refractivity contribution in [1.29, 1.82) is 0 Å². The number of thiazole rings is 1. The minimum atomic E-state index is -0.708. The van der Waals surface area contributed by atoms with Crippen molar-refractivity contribution in [2.24, 2.45) is 5.92 Å². The van der Waals surface area contributed by atoms with Crippen LogP contribution in [0.1, 0.15) is 24.8 Å². The van der Waals surface area contributed by atoms with Gasteiger partial charge in [-0.1, -0.05) is 23.5 Å². The van der Waals surface area contributed by atoms with E-state index in [1.807, 2.05) is 43.5 Å². The fraction of sp³-hybridized carbons (Fsp3) is 0.333. The Bertz CT molecular complexity index is 998. The maximum Gasteiger partial charge on any atom is 0.303 e. The number of rotatable bonds is 6. The van der Waals surface area contributed by atoms with Crippen molar-refractivity contribution in [3.05, 3.63) is 48.3 Å². The second kappa shape index (κ2) is 8.57. The zero-order valence-corrected chi connectivity index (χ0v) is 17.0. The van der Waals surface area contributed by atoms with Crippen molar-refractivity contribution in [3.8, 4) is 10.6 Å². The van der Waals surface area contributed by atoms with Crippen LogP contribution in [0.2, 0.25) is 0 Å². The first-order valence-corrected chi connectivity index (χ1v) is 10.5. The molecule has 0 aromatic carbocycles. The van der Waals surface area contributed by atoms with Gasteiger partial charge in [0.2, 0.25) is 0 Å². The van der Waals surface area contributed by atoms with Crippen molar-refractivity contribution in [1.82, 2.24) is 15.0 Å². The lowest BCUT2D eigenvalue weighted by Crippen LogP contribution is -2.34. The smallest absolute Gasteiger partial charge is 0.303 e. The first-order chi connectivity index (χ1) is 14.1. The van der Waals surface area contributed by atoms with E-state index in [0.717, 1.165) is 58.8 Å². The van der Waals surface area contributed by atoms with Gasteiger partial charge in [-0.2, -0.15) is 0 Å². The van der Waals surface area contributed by atoms with Crippen molar-refractivity contribution >= 4 is 34.1 Å². The van der Waals surface area contributed by atoms with Gasteiger partial charge in [-0.05, 0) is 49.4 Å². The number of nitrogens with zero attached hydrogens (tertiary/aromatic N) is 4. The average molecular weight is 410 g/mol. The predicted octanol–water partition coefficient (Wildman–Crippen LogP) is 4.34. The molecule has 7 nitrogen and oxygen atoms in total. The van der Waals surface area contributed by atoms with E-state index in [-0.39, 0.29) is 12.3 Å². The third kappa shape index (κ3) is 4.71. The monoisotopic (exact) mass is 409 g/mol. The Labute approximate surface area is 173 Å². The number of piperidine rings is 1. The topological polar surface area (TPSA) is 91.2 Å². The molecule has 2 N–H and O–H groups in total. The zero-order valence-electron chi connectivity index (χ0n) is 16.2. The number of hydrogen-bond donors (Lipinski definition) is 2. The van der Waals surface area contributed by atoms with Crippen LogP contribution >= 0.6 is 11.3 Å². The molecule has 0 atom stereocenters. The second-order valence-electron chi connectivity index (χ2n) is 7.24. The summed E-state index contributed by atoms with van der Waals surface area (Å²) in [7, 11) is 0. The van der Waals surface area contributed by atoms with Gasteiger partial charge in [0.25, 0.3) is 0 Å². The Morgan fingerprint density at radius 1 is 1.24 bits per heavy atom. The molecule has 1 saturated heterocycles. The van der Waals surface area contributed by atoms with E-state index in [2.05, 4.69) is 20.2 Å². The highest BCUT2D eigenvalue weighted by Crippen LogP contribution is 2.33. The first-order valence-electron chi connectivity index (χ1n) is 9.67. The van der Waals surface area contributed by atoms with Gasteiger partial charge in [-0.15, -0.1) is 0 Å². The third-order valence-corrected chi connectivity index (χ3v) is 6.18. The lowest BCUT2D eigenvalue weighted by atomic mass is 9.94. The molecule has 1 fully saturated rings. The Hall–Kier alpha value is -3.00. The quantitative estimate of drug-likeness (QED) is 0.625. The Morgan fingerprint density at radius 2 is 2.07 bits per heavy atom. The molecule has 29 heavy (non-hydrogen) atoms. The maximum atomic E-state index is 10.9. The normalized spacial score (nSPS) is 14.7. The molecule has 0 unspecified atom stereocenters. The lowest BCUT2D eigenvalue weighted by molar-refractivity contribution is -0.138. The number of carbonyl (C=O) groups is 1. The van der Waals surface area contributed by atoms with Crippen LogP contribution in [0.3, 0.4) is 0 Å². The maximum absolute atomic E-state index is 10.9. The van der Waals surface area contributed by atoms with Crippen LogP contribution in [-0.4, -0.2) is 39.1 Å². The summed E-state index contributed by atoms with van der Waals surface area (Å²) in [5, 5.41) is 13.2. The summed E-state index contributed by atoms with van der Waals surface area (Å²) >= 11 is 1.62. The summed E-state index contributed by atoms with van der Waals surface area (Å²) in [5.41, 5.74) is 1.93. The Balaban J connectivity index is 1.45. The molecular weight excluding hydrogens is 386 g/mol. The van der Waals surface area contributed by atoms with Crippen LogP contribution in [0.5, 0.6) is 0 Å². The molecule has 0 saturated carbocycles. The van der Waals surface area contributed by atoms with Gasteiger partial charge in [-0.3, -0.25) is 4.79 Å². The van der Waals surface area contributed by atoms with Crippen LogP contribution in [0.25, 0.3) is 10.6 Å². The Morgan fingerprint density at radius 3 is 2.83 bits per heavy atom. The number of carboxylic acids is 1. The second-order valence-corrected chi connectivity index (χ2v) is 8.25. The van der Waals surface area contributed by atoms with Crippen LogP contribution < -0.4 is 10.2 Å². The van der Waals surface area contributed by atoms with Crippen LogP contribution in [0, 0.1) is 12.8 Å². The lowest BCUT2D eigenvalue weighted by Gasteiger charge is -2.30. The predicted molar refractivity (Wildman–Crippen MR) is 115 cm³/mol. The first kappa shape index (κ1) is 19.3. The van der Waals surface area contributed by atoms with E-state index in [0.29, 0.717) is 0 Å². The van der Waals surface area contributed by atoms with Crippen molar-refractivity contribution in [2.75, 3.05) is 23.3 Å². The average Bonchev–Trinajstić information content (AvgIpc) is 3.20. The molecule has 150 valence electrons. The van der Waals surface area contributed by atoms with Gasteiger partial charge < -0.3 is 15.3 Å². The molecule has 0 aliphatic carbocycles. The number of aliphatic carboxylic acids is 1. The van der Waals surface area contributed by atoms with E-state index in [1.165, 1.54) is 0 Å². The summed E-state index contributed by atoms with van der Waals surface area (Å²) in [5.74, 6) is 1.10. The highest BCUT2D eigenvalue weighted by molar-refractivity contribution is 7.18. The summed E-state index contributed by atoms with van der Waals surface area (Å²) in [6.45, 7) is 3.70. The molecular formula is C21H23N5O2S. The summed E-state index contributed by atoms with van der Waals surface area (Å²) in [6, 6.07) is 9.79. The standard InChI is InChI=1S/C21H23N5O2S/c1-14-4-3-9-22-20(14)25-18-6-2-5-16(24-18)17-13-23-21(29-17)26-10-7-15(8-11-26)12-19(27)28/h2-6,9,13,15H,7-8,10-12H2,1H3,(H,27,28)(H,22,24,25). The van der Waals surface area contributed by atoms with Gasteiger partial charge >= 0.3 is 5.97 Å². The molecule has 4 heterocycles. The van der Waals surface area contributed by atoms with Gasteiger partial charge in [0.15, 0.2) is 5.13 Å². The molecule has 3 aromatic heterocycles. The molecule has 4 rings (SSSR count). The fourth-order valence-corrected chi connectivity index (χ4v) is 4.42. The highest BCUT2D eigenvalue weighted by atomic mass is 32.1. The minimum Gasteiger partial charge on any atom is -0.481 e. The molecule has 3 aromatic rings. The Kier molecular flexibility index (Phi) is 5.71. The molecule has 8 heteroatoms. The number of hydrogen-bond acceptors (Lipinski definition) is 7. The number of aromatic nitrogens is 3. The van der Waals surface area contributed by atoms with E-state index in [4.69, 9.17) is 10.1 Å². The summed E-state index contributed by atoms with van der Waals surface area (Å²) in [4.78, 5) is 27.8. The number of anilines is 3. The number of pyridine rings is 2. The van der Waals surface area contributed by atoms with Gasteiger partial charge in [0.1, 0.15) is 11.6 Å². The molecule has 1 aliphatic heterocycles. The van der Waals surface area contributed by atoms with Gasteiger partial charge in [0.05, 0.1) is 10.6 Å². The van der Waals surface area contributed by atoms with E-state index in [1.54, 1.807) is 17.5 Å². The number of aryl methyl sites for hydroxylation is 1.